The van der Waals surface area contributed by atoms with E-state index in [1.165, 1.54) is 19.2 Å². The molecule has 0 aliphatic heterocycles. The van der Waals surface area contributed by atoms with Gasteiger partial charge in [-0.15, -0.1) is 0 Å². The summed E-state index contributed by atoms with van der Waals surface area (Å²) in [7, 11) is 1.26. The van der Waals surface area contributed by atoms with Gasteiger partial charge in [-0.05, 0) is 31.2 Å². The first-order chi connectivity index (χ1) is 8.11. The maximum Gasteiger partial charge on any atom is 0.373 e. The predicted molar refractivity (Wildman–Crippen MR) is 60.2 cm³/mol. The summed E-state index contributed by atoms with van der Waals surface area (Å²) in [6, 6.07) is 7.70. The van der Waals surface area contributed by atoms with E-state index in [0.29, 0.717) is 11.3 Å². The molecule has 0 fully saturated rings. The highest BCUT2D eigenvalue weighted by Gasteiger charge is 2.14. The van der Waals surface area contributed by atoms with E-state index in [1.807, 2.05) is 6.92 Å². The molecule has 1 heterocycles. The Bertz CT molecular complexity index is 558. The number of benzene rings is 1. The lowest BCUT2D eigenvalue weighted by Gasteiger charge is -2.01. The third-order valence-corrected chi connectivity index (χ3v) is 2.38. The fourth-order valence-corrected chi connectivity index (χ4v) is 1.52. The van der Waals surface area contributed by atoms with Gasteiger partial charge in [0.2, 0.25) is 5.76 Å². The maximum atomic E-state index is 13.6. The van der Waals surface area contributed by atoms with Gasteiger partial charge in [0.05, 0.1) is 12.7 Å². The summed E-state index contributed by atoms with van der Waals surface area (Å²) < 4.78 is 23.3. The van der Waals surface area contributed by atoms with Crippen LogP contribution in [0, 0.1) is 12.7 Å². The average molecular weight is 234 g/mol. The van der Waals surface area contributed by atoms with Crippen molar-refractivity contribution in [2.45, 2.75) is 6.92 Å². The second-order valence-electron chi connectivity index (χ2n) is 3.64. The highest BCUT2D eigenvalue weighted by molar-refractivity contribution is 5.87. The van der Waals surface area contributed by atoms with E-state index >= 15 is 0 Å². The van der Waals surface area contributed by atoms with Gasteiger partial charge in [-0.2, -0.15) is 0 Å². The summed E-state index contributed by atoms with van der Waals surface area (Å²) in [6.45, 7) is 1.85. The molecule has 0 amide bonds. The van der Waals surface area contributed by atoms with Crippen molar-refractivity contribution in [2.24, 2.45) is 0 Å². The molecule has 0 atom stereocenters. The Morgan fingerprint density at radius 3 is 2.76 bits per heavy atom. The fourth-order valence-electron chi connectivity index (χ4n) is 1.52. The summed E-state index contributed by atoms with van der Waals surface area (Å²) in [6.07, 6.45) is 0. The van der Waals surface area contributed by atoms with Gasteiger partial charge in [-0.3, -0.25) is 0 Å². The lowest BCUT2D eigenvalue weighted by atomic mass is 10.1. The van der Waals surface area contributed by atoms with Crippen LogP contribution >= 0.6 is 0 Å². The van der Waals surface area contributed by atoms with Crippen molar-refractivity contribution in [3.05, 3.63) is 47.5 Å². The van der Waals surface area contributed by atoms with Gasteiger partial charge in [0.25, 0.3) is 0 Å². The van der Waals surface area contributed by atoms with Gasteiger partial charge >= 0.3 is 5.97 Å². The fraction of sp³-hybridized carbons (Fsp3) is 0.154. The lowest BCUT2D eigenvalue weighted by Crippen LogP contribution is -1.98. The van der Waals surface area contributed by atoms with Crippen molar-refractivity contribution in [2.75, 3.05) is 7.11 Å². The van der Waals surface area contributed by atoms with E-state index in [1.54, 1.807) is 18.2 Å². The number of rotatable bonds is 2. The number of halogens is 1. The molecule has 3 nitrogen and oxygen atoms in total. The van der Waals surface area contributed by atoms with Crippen molar-refractivity contribution in [3.8, 4) is 11.3 Å². The van der Waals surface area contributed by atoms with Crippen molar-refractivity contribution in [3.63, 3.8) is 0 Å². The van der Waals surface area contributed by atoms with Crippen molar-refractivity contribution < 1.29 is 18.3 Å². The monoisotopic (exact) mass is 234 g/mol. The molecule has 1 aromatic carbocycles. The van der Waals surface area contributed by atoms with Crippen LogP contribution in [0.3, 0.4) is 0 Å². The molecule has 1 aromatic heterocycles. The van der Waals surface area contributed by atoms with Crippen LogP contribution in [0.2, 0.25) is 0 Å². The maximum absolute atomic E-state index is 13.6. The van der Waals surface area contributed by atoms with Gasteiger partial charge in [-0.1, -0.05) is 11.6 Å². The van der Waals surface area contributed by atoms with Crippen LogP contribution in [0.15, 0.2) is 34.7 Å². The van der Waals surface area contributed by atoms with E-state index in [2.05, 4.69) is 4.74 Å². The van der Waals surface area contributed by atoms with Gasteiger partial charge in [-0.25, -0.2) is 9.18 Å². The second-order valence-corrected chi connectivity index (χ2v) is 3.64. The first kappa shape index (κ1) is 11.4. The average Bonchev–Trinajstić information content (AvgIpc) is 2.80. The van der Waals surface area contributed by atoms with Crippen LogP contribution in [-0.4, -0.2) is 13.1 Å². The Morgan fingerprint density at radius 2 is 2.06 bits per heavy atom. The number of carbonyl (C=O) groups is 1. The number of methoxy groups -OCH3 is 1. The van der Waals surface area contributed by atoms with Gasteiger partial charge in [0.15, 0.2) is 0 Å². The summed E-state index contributed by atoms with van der Waals surface area (Å²) in [5.74, 6) is -0.597. The Labute approximate surface area is 97.8 Å². The number of hydrogen-bond acceptors (Lipinski definition) is 3. The molecule has 0 saturated carbocycles. The van der Waals surface area contributed by atoms with Crippen LogP contribution < -0.4 is 0 Å². The molecule has 88 valence electrons. The number of ether oxygens (including phenoxy) is 1. The SMILES string of the molecule is COC(=O)c1ccc(-c2cc(C)ccc2F)o1. The lowest BCUT2D eigenvalue weighted by molar-refractivity contribution is 0.0566. The van der Waals surface area contributed by atoms with Gasteiger partial charge < -0.3 is 9.15 Å². The molecule has 0 bridgehead atoms. The zero-order valence-electron chi connectivity index (χ0n) is 9.49. The van der Waals surface area contributed by atoms with Gasteiger partial charge in [0.1, 0.15) is 11.6 Å². The minimum Gasteiger partial charge on any atom is -0.463 e. The van der Waals surface area contributed by atoms with E-state index in [0.717, 1.165) is 5.56 Å². The Balaban J connectivity index is 2.43. The van der Waals surface area contributed by atoms with Crippen molar-refractivity contribution >= 4 is 5.97 Å². The molecule has 2 aromatic rings. The van der Waals surface area contributed by atoms with Crippen LogP contribution in [0.4, 0.5) is 4.39 Å². The summed E-state index contributed by atoms with van der Waals surface area (Å²) in [5, 5.41) is 0. The largest absolute Gasteiger partial charge is 0.463 e. The zero-order valence-corrected chi connectivity index (χ0v) is 9.49. The summed E-state index contributed by atoms with van der Waals surface area (Å²) in [4.78, 5) is 11.2. The van der Waals surface area contributed by atoms with Gasteiger partial charge in [0, 0.05) is 0 Å². The highest BCUT2D eigenvalue weighted by Crippen LogP contribution is 2.26. The van der Waals surface area contributed by atoms with Crippen molar-refractivity contribution in [1.29, 1.82) is 0 Å². The molecule has 4 heteroatoms. The molecule has 0 aliphatic carbocycles. The number of carbonyl (C=O) groups excluding carboxylic acids is 1. The minimum atomic E-state index is -0.579. The number of furan rings is 1. The molecule has 17 heavy (non-hydrogen) atoms. The quantitative estimate of drug-likeness (QED) is 0.749. The van der Waals surface area contributed by atoms with E-state index in [-0.39, 0.29) is 11.6 Å². The highest BCUT2D eigenvalue weighted by atomic mass is 19.1. The minimum absolute atomic E-state index is 0.0587. The third-order valence-electron chi connectivity index (χ3n) is 2.38. The molecule has 0 radical (unpaired) electrons. The van der Waals surface area contributed by atoms with E-state index in [4.69, 9.17) is 4.42 Å². The molecule has 0 N–H and O–H groups in total. The predicted octanol–water partition coefficient (Wildman–Crippen LogP) is 3.18. The molecule has 0 unspecified atom stereocenters. The number of esters is 1. The molecule has 0 aliphatic rings. The summed E-state index contributed by atoms with van der Waals surface area (Å²) in [5.41, 5.74) is 1.25. The molecule has 2 rings (SSSR count). The Kier molecular flexibility index (Phi) is 2.95. The zero-order chi connectivity index (χ0) is 12.4. The van der Waals surface area contributed by atoms with E-state index in [9.17, 15) is 9.18 Å². The smallest absolute Gasteiger partial charge is 0.373 e. The molecule has 0 saturated heterocycles. The normalized spacial score (nSPS) is 10.3. The summed E-state index contributed by atoms with van der Waals surface area (Å²) >= 11 is 0. The first-order valence-electron chi connectivity index (χ1n) is 5.06. The second kappa shape index (κ2) is 4.41. The van der Waals surface area contributed by atoms with Crippen LogP contribution in [0.5, 0.6) is 0 Å². The van der Waals surface area contributed by atoms with Crippen LogP contribution in [0.25, 0.3) is 11.3 Å². The number of hydrogen-bond donors (Lipinski definition) is 0. The Hall–Kier alpha value is -2.10. The van der Waals surface area contributed by atoms with E-state index < -0.39 is 5.97 Å². The third kappa shape index (κ3) is 2.20. The van der Waals surface area contributed by atoms with Crippen molar-refractivity contribution in [1.82, 2.24) is 0 Å². The molecular formula is C13H11FO3. The molecular weight excluding hydrogens is 223 g/mol. The topological polar surface area (TPSA) is 39.4 Å². The number of aryl methyl sites for hydroxylation is 1. The first-order valence-corrected chi connectivity index (χ1v) is 5.06. The molecule has 0 spiro atoms. The van der Waals surface area contributed by atoms with Crippen LogP contribution in [0.1, 0.15) is 16.1 Å². The Morgan fingerprint density at radius 1 is 1.29 bits per heavy atom. The standard InChI is InChI=1S/C13H11FO3/c1-8-3-4-10(14)9(7-8)11-5-6-12(17-11)13(15)16-2/h3-7H,1-2H3. The van der Waals surface area contributed by atoms with Crippen LogP contribution in [-0.2, 0) is 4.74 Å².